The van der Waals surface area contributed by atoms with Crippen molar-refractivity contribution in [2.24, 2.45) is 5.92 Å². The number of hydrogen-bond donors (Lipinski definition) is 2. The molecule has 188 valence electrons. The molecule has 1 aliphatic rings. The topological polar surface area (TPSA) is 117 Å². The lowest BCUT2D eigenvalue weighted by Crippen LogP contribution is -2.45. The third-order valence-electron chi connectivity index (χ3n) is 6.37. The second kappa shape index (κ2) is 10.7. The summed E-state index contributed by atoms with van der Waals surface area (Å²) < 4.78 is 2.49. The zero-order valence-electron chi connectivity index (χ0n) is 20.6. The van der Waals surface area contributed by atoms with Gasteiger partial charge in [-0.05, 0) is 43.9 Å². The van der Waals surface area contributed by atoms with E-state index in [9.17, 15) is 14.4 Å². The molecule has 3 aromatic rings. The minimum atomic E-state index is -0.624. The number of benzene rings is 1. The van der Waals surface area contributed by atoms with Crippen LogP contribution in [-0.4, -0.2) is 45.0 Å². The Kier molecular flexibility index (Phi) is 7.71. The molecule has 1 saturated heterocycles. The molecule has 3 heterocycles. The van der Waals surface area contributed by atoms with Gasteiger partial charge in [0.1, 0.15) is 10.8 Å². The normalized spacial score (nSPS) is 16.4. The van der Waals surface area contributed by atoms with Crippen molar-refractivity contribution in [1.29, 1.82) is 0 Å². The Bertz CT molecular complexity index is 1280. The molecule has 1 amide bonds. The number of carbonyl (C=O) groups excluding carboxylic acids is 1. The molecular weight excluding hydrogens is 464 g/mol. The third-order valence-corrected chi connectivity index (χ3v) is 7.50. The lowest BCUT2D eigenvalue weighted by molar-refractivity contribution is -0.120. The van der Waals surface area contributed by atoms with E-state index >= 15 is 0 Å². The highest BCUT2D eigenvalue weighted by Crippen LogP contribution is 2.36. The fourth-order valence-corrected chi connectivity index (χ4v) is 5.79. The number of thiazole rings is 1. The number of carbonyl (C=O) groups is 1. The van der Waals surface area contributed by atoms with Crippen molar-refractivity contribution in [2.75, 3.05) is 30.3 Å². The number of para-hydroxylation sites is 1. The van der Waals surface area contributed by atoms with Crippen molar-refractivity contribution in [3.8, 4) is 0 Å². The number of nitrogens with two attached hydrogens (primary N) is 1. The number of hydrogen-bond acceptors (Lipinski definition) is 7. The van der Waals surface area contributed by atoms with Gasteiger partial charge in [0, 0.05) is 13.1 Å². The molecule has 9 nitrogen and oxygen atoms in total. The first-order chi connectivity index (χ1) is 16.8. The Hall–Kier alpha value is -2.98. The third kappa shape index (κ3) is 5.33. The summed E-state index contributed by atoms with van der Waals surface area (Å²) >= 11 is 1.67. The molecule has 0 unspecified atom stereocenters. The highest BCUT2D eigenvalue weighted by molar-refractivity contribution is 7.18. The molecule has 0 spiro atoms. The van der Waals surface area contributed by atoms with Crippen molar-refractivity contribution >= 4 is 39.0 Å². The molecule has 0 radical (unpaired) electrons. The van der Waals surface area contributed by atoms with E-state index in [1.54, 1.807) is 11.3 Å². The lowest BCUT2D eigenvalue weighted by Gasteiger charge is -2.28. The maximum absolute atomic E-state index is 13.6. The Morgan fingerprint density at radius 3 is 2.80 bits per heavy atom. The average Bonchev–Trinajstić information content (AvgIpc) is 3.44. The van der Waals surface area contributed by atoms with Crippen LogP contribution in [0.4, 0.5) is 11.5 Å². The smallest absolute Gasteiger partial charge is 0.330 e. The molecule has 35 heavy (non-hydrogen) atoms. The molecule has 0 bridgehead atoms. The van der Waals surface area contributed by atoms with Crippen molar-refractivity contribution in [3.05, 3.63) is 50.1 Å². The van der Waals surface area contributed by atoms with Gasteiger partial charge in [-0.25, -0.2) is 9.78 Å². The van der Waals surface area contributed by atoms with Gasteiger partial charge in [0.2, 0.25) is 5.91 Å². The number of rotatable bonds is 9. The van der Waals surface area contributed by atoms with E-state index in [4.69, 9.17) is 10.7 Å². The molecule has 10 heteroatoms. The van der Waals surface area contributed by atoms with E-state index in [2.05, 4.69) is 16.0 Å². The molecule has 1 atom stereocenters. The maximum Gasteiger partial charge on any atom is 0.330 e. The fourth-order valence-electron chi connectivity index (χ4n) is 4.65. The van der Waals surface area contributed by atoms with Crippen molar-refractivity contribution in [2.45, 2.75) is 59.0 Å². The van der Waals surface area contributed by atoms with Crippen molar-refractivity contribution in [3.63, 3.8) is 0 Å². The number of amides is 1. The van der Waals surface area contributed by atoms with Gasteiger partial charge in [0.25, 0.3) is 5.56 Å². The minimum absolute atomic E-state index is 0.0426. The summed E-state index contributed by atoms with van der Waals surface area (Å²) in [7, 11) is 0. The molecule has 2 aromatic heterocycles. The predicted octanol–water partition coefficient (Wildman–Crippen LogP) is 3.35. The first kappa shape index (κ1) is 25.1. The first-order valence-corrected chi connectivity index (χ1v) is 13.1. The van der Waals surface area contributed by atoms with E-state index in [1.807, 2.05) is 39.0 Å². The highest BCUT2D eigenvalue weighted by atomic mass is 32.1. The summed E-state index contributed by atoms with van der Waals surface area (Å²) in [6, 6.07) is 8.12. The van der Waals surface area contributed by atoms with E-state index in [-0.39, 0.29) is 35.9 Å². The monoisotopic (exact) mass is 498 g/mol. The number of aromatic amines is 1. The summed E-state index contributed by atoms with van der Waals surface area (Å²) in [5.41, 5.74) is 6.21. The van der Waals surface area contributed by atoms with E-state index in [0.717, 1.165) is 47.5 Å². The molecule has 1 aliphatic heterocycles. The van der Waals surface area contributed by atoms with E-state index < -0.39 is 11.2 Å². The Morgan fingerprint density at radius 1 is 1.31 bits per heavy atom. The molecule has 3 N–H and O–H groups in total. The summed E-state index contributed by atoms with van der Waals surface area (Å²) in [6.07, 6.45) is 3.48. The van der Waals surface area contributed by atoms with E-state index in [1.165, 1.54) is 9.47 Å². The number of H-pyrrole nitrogens is 1. The molecular formula is C25H34N6O3S. The standard InChI is InChI=1S/C25H34N6O3S/c1-4-5-13-30(21-22(26)31(14-16(2)3)25(34)28-23(21)33)20(32)15-29-12-8-10-18(29)24-27-17-9-6-7-11-19(17)35-24/h6-7,9,11,16,18H,4-5,8,10,12-15,26H2,1-3H3,(H,28,33,34)/t18-/m0/s1. The number of anilines is 2. The van der Waals surface area contributed by atoms with Gasteiger partial charge in [-0.3, -0.25) is 24.0 Å². The number of nitrogens with zero attached hydrogens (tertiary/aromatic N) is 4. The quantitative estimate of drug-likeness (QED) is 0.467. The first-order valence-electron chi connectivity index (χ1n) is 12.3. The van der Waals surface area contributed by atoms with Gasteiger partial charge < -0.3 is 10.6 Å². The maximum atomic E-state index is 13.6. The minimum Gasteiger partial charge on any atom is -0.383 e. The van der Waals surface area contributed by atoms with Gasteiger partial charge in [0.05, 0.1) is 22.8 Å². The van der Waals surface area contributed by atoms with Gasteiger partial charge in [0.15, 0.2) is 5.69 Å². The van der Waals surface area contributed by atoms with E-state index in [0.29, 0.717) is 13.1 Å². The lowest BCUT2D eigenvalue weighted by atomic mass is 10.2. The van der Waals surface area contributed by atoms with Crippen LogP contribution < -0.4 is 21.9 Å². The second-order valence-corrected chi connectivity index (χ2v) is 10.6. The van der Waals surface area contributed by atoms with Crippen molar-refractivity contribution < 1.29 is 4.79 Å². The average molecular weight is 499 g/mol. The van der Waals surface area contributed by atoms with Gasteiger partial charge in [-0.15, -0.1) is 11.3 Å². The van der Waals surface area contributed by atoms with Crippen LogP contribution in [0.5, 0.6) is 0 Å². The number of aromatic nitrogens is 3. The zero-order chi connectivity index (χ0) is 25.1. The number of unbranched alkanes of at least 4 members (excludes halogenated alkanes) is 1. The molecule has 4 rings (SSSR count). The van der Waals surface area contributed by atoms with Crippen LogP contribution in [0.3, 0.4) is 0 Å². The summed E-state index contributed by atoms with van der Waals surface area (Å²) in [5, 5.41) is 1.01. The largest absolute Gasteiger partial charge is 0.383 e. The van der Waals surface area contributed by atoms with Crippen LogP contribution >= 0.6 is 11.3 Å². The number of fused-ring (bicyclic) bond motifs is 1. The SMILES string of the molecule is CCCCN(C(=O)CN1CCC[C@H]1c1nc2ccccc2s1)c1c(N)n(CC(C)C)c(=O)[nH]c1=O. The van der Waals surface area contributed by atoms with Gasteiger partial charge >= 0.3 is 5.69 Å². The number of nitrogen functional groups attached to an aromatic ring is 1. The fraction of sp³-hybridized carbons (Fsp3) is 0.520. The predicted molar refractivity (Wildman–Crippen MR) is 141 cm³/mol. The summed E-state index contributed by atoms with van der Waals surface area (Å²) in [5.74, 6) is -0.00725. The Morgan fingerprint density at radius 2 is 2.09 bits per heavy atom. The van der Waals surface area contributed by atoms with Crippen LogP contribution in [0.1, 0.15) is 57.5 Å². The summed E-state index contributed by atoms with van der Waals surface area (Å²) in [4.78, 5) is 49.7. The van der Waals surface area contributed by atoms with Crippen LogP contribution in [0.25, 0.3) is 10.2 Å². The second-order valence-electron chi connectivity index (χ2n) is 9.54. The van der Waals surface area contributed by atoms with Gasteiger partial charge in [-0.1, -0.05) is 39.3 Å². The Balaban J connectivity index is 1.63. The molecule has 0 saturated carbocycles. The van der Waals surface area contributed by atoms with Crippen LogP contribution in [0, 0.1) is 5.92 Å². The van der Waals surface area contributed by atoms with Gasteiger partial charge in [-0.2, -0.15) is 0 Å². The number of likely N-dealkylation sites (tertiary alicyclic amines) is 1. The molecule has 1 fully saturated rings. The van der Waals surface area contributed by atoms with Crippen molar-refractivity contribution in [1.82, 2.24) is 19.4 Å². The molecule has 0 aliphatic carbocycles. The zero-order valence-corrected chi connectivity index (χ0v) is 21.4. The molecule has 1 aromatic carbocycles. The van der Waals surface area contributed by atoms with Crippen LogP contribution in [0.15, 0.2) is 33.9 Å². The highest BCUT2D eigenvalue weighted by Gasteiger charge is 2.33. The Labute approximate surface area is 208 Å². The number of nitrogens with one attached hydrogen (secondary N) is 1. The summed E-state index contributed by atoms with van der Waals surface area (Å²) in [6.45, 7) is 7.62. The van der Waals surface area contributed by atoms with Crippen LogP contribution in [0.2, 0.25) is 0 Å². The van der Waals surface area contributed by atoms with Crippen LogP contribution in [-0.2, 0) is 11.3 Å².